The van der Waals surface area contributed by atoms with E-state index in [-0.39, 0.29) is 12.2 Å². The summed E-state index contributed by atoms with van der Waals surface area (Å²) in [5, 5.41) is 2.62. The van der Waals surface area contributed by atoms with Gasteiger partial charge in [0.2, 0.25) is 0 Å². The number of rotatable bonds is 10. The molecule has 1 N–H and O–H groups in total. The van der Waals surface area contributed by atoms with Gasteiger partial charge in [-0.3, -0.25) is 0 Å². The fraction of sp³-hybridized carbons (Fsp3) is 0.929. The second-order valence-electron chi connectivity index (χ2n) is 8.15. The Morgan fingerprint density at radius 3 is 2.09 bits per heavy atom. The fourth-order valence-electron chi connectivity index (χ4n) is 2.65. The average molecular weight is 380 g/mol. The third-order valence-electron chi connectivity index (χ3n) is 3.02. The molecule has 6 nitrogen and oxygen atoms in total. The van der Waals surface area contributed by atoms with Crippen molar-refractivity contribution in [2.75, 3.05) is 19.8 Å². The molecule has 0 bridgehead atoms. The van der Waals surface area contributed by atoms with Crippen LogP contribution >= 0.6 is 0 Å². The number of carbonyl (C=O) groups excluding carboxylic acids is 1. The van der Waals surface area contributed by atoms with E-state index < -0.39 is 25.2 Å². The van der Waals surface area contributed by atoms with Crippen LogP contribution in [0.4, 0.5) is 4.79 Å². The molecule has 23 heavy (non-hydrogen) atoms. The summed E-state index contributed by atoms with van der Waals surface area (Å²) < 4.78 is 23.6. The number of cyclic esters (lactones) is 1. The Labute approximate surface area is 143 Å². The normalized spacial score (nSPS) is 19.6. The summed E-state index contributed by atoms with van der Waals surface area (Å²) in [6.45, 7) is 17.1. The lowest BCUT2D eigenvalue weighted by molar-refractivity contribution is 0.0458. The molecule has 9 heteroatoms. The van der Waals surface area contributed by atoms with Crippen LogP contribution < -0.4 is 5.32 Å². The molecule has 0 aromatic heterocycles. The van der Waals surface area contributed by atoms with Crippen molar-refractivity contribution < 1.29 is 22.5 Å². The van der Waals surface area contributed by atoms with Crippen LogP contribution in [0.3, 0.4) is 0 Å². The van der Waals surface area contributed by atoms with E-state index in [9.17, 15) is 4.79 Å². The van der Waals surface area contributed by atoms with Crippen LogP contribution in [0.5, 0.6) is 0 Å². The third-order valence-corrected chi connectivity index (χ3v) is 12.6. The van der Waals surface area contributed by atoms with E-state index in [1.807, 2.05) is 0 Å². The van der Waals surface area contributed by atoms with Crippen molar-refractivity contribution in [2.24, 2.45) is 0 Å². The van der Waals surface area contributed by atoms with Gasteiger partial charge in [0.25, 0.3) is 0 Å². The molecule has 0 saturated carbocycles. The van der Waals surface area contributed by atoms with Crippen LogP contribution in [0.25, 0.3) is 0 Å². The minimum absolute atomic E-state index is 0.164. The van der Waals surface area contributed by atoms with Gasteiger partial charge in [-0.2, -0.15) is 0 Å². The molecule has 1 heterocycles. The minimum Gasteiger partial charge on any atom is -0.442 e. The standard InChI is InChI=1S/C14H33NO5Si3/c1-21(2,3)19-23(7,20-22(4,5)6)10-8-9-17-12-13-11-15-14(16)18-13/h13H,8-12H2,1-7H3,(H,15,16). The first-order chi connectivity index (χ1) is 10.4. The summed E-state index contributed by atoms with van der Waals surface area (Å²) in [7, 11) is -5.44. The van der Waals surface area contributed by atoms with E-state index in [0.29, 0.717) is 19.8 Å². The van der Waals surface area contributed by atoms with Crippen molar-refractivity contribution in [3.8, 4) is 0 Å². The molecule has 136 valence electrons. The van der Waals surface area contributed by atoms with Crippen LogP contribution in [-0.4, -0.2) is 57.2 Å². The van der Waals surface area contributed by atoms with Crippen molar-refractivity contribution >= 4 is 31.3 Å². The van der Waals surface area contributed by atoms with Crippen LogP contribution in [0.2, 0.25) is 51.9 Å². The molecule has 0 radical (unpaired) electrons. The first-order valence-corrected chi connectivity index (χ1v) is 17.7. The largest absolute Gasteiger partial charge is 0.442 e. The zero-order valence-corrected chi connectivity index (χ0v) is 18.7. The number of hydrogen-bond acceptors (Lipinski definition) is 5. The summed E-state index contributed by atoms with van der Waals surface area (Å²) >= 11 is 0. The molecule has 1 unspecified atom stereocenters. The second kappa shape index (κ2) is 8.26. The highest BCUT2D eigenvalue weighted by Gasteiger charge is 2.39. The van der Waals surface area contributed by atoms with E-state index in [4.69, 9.17) is 17.7 Å². The van der Waals surface area contributed by atoms with Crippen molar-refractivity contribution in [2.45, 2.75) is 64.4 Å². The summed E-state index contributed by atoms with van der Waals surface area (Å²) in [6.07, 6.45) is 0.388. The smallest absolute Gasteiger partial charge is 0.407 e. The number of nitrogens with one attached hydrogen (secondary N) is 1. The summed E-state index contributed by atoms with van der Waals surface area (Å²) in [6, 6.07) is 0.935. The molecule has 1 amide bonds. The van der Waals surface area contributed by atoms with E-state index in [0.717, 1.165) is 12.5 Å². The van der Waals surface area contributed by atoms with E-state index >= 15 is 0 Å². The van der Waals surface area contributed by atoms with Gasteiger partial charge in [0.1, 0.15) is 6.10 Å². The van der Waals surface area contributed by atoms with E-state index in [1.54, 1.807) is 0 Å². The van der Waals surface area contributed by atoms with Crippen molar-refractivity contribution in [3.63, 3.8) is 0 Å². The molecule has 0 aliphatic carbocycles. The first-order valence-electron chi connectivity index (χ1n) is 8.31. The Hall–Kier alpha value is -0.199. The number of amides is 1. The monoisotopic (exact) mass is 379 g/mol. The third kappa shape index (κ3) is 9.62. The van der Waals surface area contributed by atoms with Gasteiger partial charge in [-0.05, 0) is 58.3 Å². The van der Waals surface area contributed by atoms with Gasteiger partial charge in [-0.1, -0.05) is 0 Å². The van der Waals surface area contributed by atoms with Crippen molar-refractivity contribution in [1.29, 1.82) is 0 Å². The molecule has 0 spiro atoms. The Kier molecular flexibility index (Phi) is 7.48. The van der Waals surface area contributed by atoms with Crippen molar-refractivity contribution in [3.05, 3.63) is 0 Å². The summed E-state index contributed by atoms with van der Waals surface area (Å²) in [5.41, 5.74) is 0. The Morgan fingerprint density at radius 1 is 1.09 bits per heavy atom. The minimum atomic E-state index is -2.17. The molecule has 1 fully saturated rings. The maximum atomic E-state index is 10.9. The molecule has 0 aromatic carbocycles. The number of alkyl carbamates (subject to hydrolysis) is 1. The van der Waals surface area contributed by atoms with Gasteiger partial charge in [-0.15, -0.1) is 0 Å². The van der Waals surface area contributed by atoms with Gasteiger partial charge in [0.15, 0.2) is 16.6 Å². The SMILES string of the molecule is C[Si](C)(C)O[Si](C)(CCCOCC1CNC(=O)O1)O[Si](C)(C)C. The van der Waals surface area contributed by atoms with Crippen LogP contribution in [0.1, 0.15) is 6.42 Å². The van der Waals surface area contributed by atoms with Crippen LogP contribution in [0, 0.1) is 0 Å². The maximum absolute atomic E-state index is 10.9. The molecule has 1 atom stereocenters. The van der Waals surface area contributed by atoms with E-state index in [2.05, 4.69) is 51.1 Å². The molecular weight excluding hydrogens is 346 g/mol. The Bertz CT molecular complexity index is 379. The van der Waals surface area contributed by atoms with Gasteiger partial charge < -0.3 is 23.0 Å². The van der Waals surface area contributed by atoms with Crippen LogP contribution in [0.15, 0.2) is 0 Å². The lowest BCUT2D eigenvalue weighted by Gasteiger charge is -2.38. The molecule has 1 saturated heterocycles. The number of hydrogen-bond donors (Lipinski definition) is 1. The average Bonchev–Trinajstić information content (AvgIpc) is 2.69. The van der Waals surface area contributed by atoms with Gasteiger partial charge in [-0.25, -0.2) is 4.79 Å². The molecule has 1 rings (SSSR count). The molecular formula is C14H33NO5Si3. The van der Waals surface area contributed by atoms with Gasteiger partial charge in [0, 0.05) is 6.61 Å². The topological polar surface area (TPSA) is 66.0 Å². The first kappa shape index (κ1) is 20.8. The van der Waals surface area contributed by atoms with E-state index in [1.165, 1.54) is 0 Å². The summed E-state index contributed by atoms with van der Waals surface area (Å²) in [4.78, 5) is 10.9. The second-order valence-corrected chi connectivity index (χ2v) is 21.0. The fourth-order valence-corrected chi connectivity index (χ4v) is 15.2. The molecule has 1 aliphatic heterocycles. The Balaban J connectivity index is 2.37. The highest BCUT2D eigenvalue weighted by molar-refractivity contribution is 6.87. The zero-order valence-electron chi connectivity index (χ0n) is 15.7. The number of ether oxygens (including phenoxy) is 2. The lowest BCUT2D eigenvalue weighted by atomic mass is 10.4. The summed E-state index contributed by atoms with van der Waals surface area (Å²) in [5.74, 6) is 0. The quantitative estimate of drug-likeness (QED) is 0.466. The van der Waals surface area contributed by atoms with Gasteiger partial charge in [0.05, 0.1) is 13.2 Å². The zero-order chi connectivity index (χ0) is 17.7. The van der Waals surface area contributed by atoms with Crippen molar-refractivity contribution in [1.82, 2.24) is 5.32 Å². The maximum Gasteiger partial charge on any atom is 0.407 e. The predicted octanol–water partition coefficient (Wildman–Crippen LogP) is 3.28. The van der Waals surface area contributed by atoms with Gasteiger partial charge >= 0.3 is 14.7 Å². The Morgan fingerprint density at radius 2 is 1.65 bits per heavy atom. The predicted molar refractivity (Wildman–Crippen MR) is 99.0 cm³/mol. The lowest BCUT2D eigenvalue weighted by Crippen LogP contribution is -2.52. The molecule has 0 aromatic rings. The number of carbonyl (C=O) groups is 1. The molecule has 1 aliphatic rings. The highest BCUT2D eigenvalue weighted by atomic mass is 28.5. The van der Waals surface area contributed by atoms with Crippen LogP contribution in [-0.2, 0) is 17.7 Å². The highest BCUT2D eigenvalue weighted by Crippen LogP contribution is 2.25.